The van der Waals surface area contributed by atoms with Crippen LogP contribution in [0.5, 0.6) is 0 Å². The van der Waals surface area contributed by atoms with Gasteiger partial charge in [-0.3, -0.25) is 4.79 Å². The fourth-order valence-electron chi connectivity index (χ4n) is 0.983. The monoisotopic (exact) mass is 224 g/mol. The molecule has 15 heavy (non-hydrogen) atoms. The Morgan fingerprint density at radius 2 is 2.53 bits per heavy atom. The molecule has 0 aliphatic carbocycles. The summed E-state index contributed by atoms with van der Waals surface area (Å²) >= 11 is 1.37. The minimum atomic E-state index is -0.243. The highest BCUT2D eigenvalue weighted by molar-refractivity contribution is 7.07. The molecular formula is C8H8N4O2S. The van der Waals surface area contributed by atoms with Crippen molar-refractivity contribution in [3.8, 4) is 0 Å². The lowest BCUT2D eigenvalue weighted by Crippen LogP contribution is -2.23. The SMILES string of the molecule is Cc1noc(CNC(=O)c2cscn2)n1. The van der Waals surface area contributed by atoms with Gasteiger partial charge in [-0.1, -0.05) is 5.16 Å². The Labute approximate surface area is 89.3 Å². The zero-order valence-corrected chi connectivity index (χ0v) is 8.74. The number of carbonyl (C=O) groups excluding carboxylic acids is 1. The third kappa shape index (κ3) is 2.38. The Kier molecular flexibility index (Phi) is 2.72. The number of hydrogen-bond donors (Lipinski definition) is 1. The lowest BCUT2D eigenvalue weighted by Gasteiger charge is -1.97. The second-order valence-electron chi connectivity index (χ2n) is 2.79. The highest BCUT2D eigenvalue weighted by atomic mass is 32.1. The molecular weight excluding hydrogens is 216 g/mol. The van der Waals surface area contributed by atoms with Gasteiger partial charge in [-0.05, 0) is 6.92 Å². The van der Waals surface area contributed by atoms with Crippen LogP contribution in [-0.2, 0) is 6.54 Å². The minimum Gasteiger partial charge on any atom is -0.342 e. The van der Waals surface area contributed by atoms with Crippen LogP contribution in [0.1, 0.15) is 22.2 Å². The molecule has 2 aromatic rings. The molecule has 0 aromatic carbocycles. The Hall–Kier alpha value is -1.76. The molecule has 0 aliphatic rings. The van der Waals surface area contributed by atoms with Crippen molar-refractivity contribution in [2.75, 3.05) is 0 Å². The molecule has 0 radical (unpaired) electrons. The van der Waals surface area contributed by atoms with Gasteiger partial charge in [0.25, 0.3) is 5.91 Å². The Balaban J connectivity index is 1.91. The van der Waals surface area contributed by atoms with Crippen LogP contribution in [0.4, 0.5) is 0 Å². The molecule has 2 rings (SSSR count). The maximum absolute atomic E-state index is 11.4. The molecule has 7 heteroatoms. The van der Waals surface area contributed by atoms with Crippen molar-refractivity contribution in [1.29, 1.82) is 0 Å². The maximum atomic E-state index is 11.4. The highest BCUT2D eigenvalue weighted by Gasteiger charge is 2.09. The number of hydrogen-bond acceptors (Lipinski definition) is 6. The number of aromatic nitrogens is 3. The average molecular weight is 224 g/mol. The van der Waals surface area contributed by atoms with E-state index in [0.29, 0.717) is 17.4 Å². The van der Waals surface area contributed by atoms with E-state index in [2.05, 4.69) is 20.4 Å². The average Bonchev–Trinajstić information content (AvgIpc) is 2.84. The lowest BCUT2D eigenvalue weighted by molar-refractivity contribution is 0.0942. The van der Waals surface area contributed by atoms with Gasteiger partial charge in [0, 0.05) is 5.38 Å². The molecule has 2 heterocycles. The number of carbonyl (C=O) groups is 1. The van der Waals surface area contributed by atoms with Crippen LogP contribution in [-0.4, -0.2) is 21.0 Å². The molecule has 0 fully saturated rings. The molecule has 0 aliphatic heterocycles. The predicted octanol–water partition coefficient (Wildman–Crippen LogP) is 0.765. The largest absolute Gasteiger partial charge is 0.342 e. The van der Waals surface area contributed by atoms with E-state index in [9.17, 15) is 4.79 Å². The Morgan fingerprint density at radius 3 is 3.13 bits per heavy atom. The first-order valence-corrected chi connectivity index (χ1v) is 5.15. The fourth-order valence-corrected chi connectivity index (χ4v) is 1.52. The Morgan fingerprint density at radius 1 is 1.67 bits per heavy atom. The second kappa shape index (κ2) is 4.18. The van der Waals surface area contributed by atoms with Gasteiger partial charge in [0.2, 0.25) is 5.89 Å². The van der Waals surface area contributed by atoms with Gasteiger partial charge in [0.05, 0.1) is 12.1 Å². The molecule has 6 nitrogen and oxygen atoms in total. The number of aryl methyl sites for hydroxylation is 1. The van der Waals surface area contributed by atoms with Crippen molar-refractivity contribution in [1.82, 2.24) is 20.4 Å². The quantitative estimate of drug-likeness (QED) is 0.832. The predicted molar refractivity (Wildman–Crippen MR) is 52.3 cm³/mol. The molecule has 2 aromatic heterocycles. The molecule has 1 amide bonds. The van der Waals surface area contributed by atoms with Gasteiger partial charge < -0.3 is 9.84 Å². The number of thiazole rings is 1. The molecule has 0 bridgehead atoms. The molecule has 78 valence electrons. The van der Waals surface area contributed by atoms with Crippen molar-refractivity contribution in [3.05, 3.63) is 28.3 Å². The summed E-state index contributed by atoms with van der Waals surface area (Å²) in [7, 11) is 0. The third-order valence-electron chi connectivity index (χ3n) is 1.63. The minimum absolute atomic E-state index is 0.219. The molecule has 0 atom stereocenters. The van der Waals surface area contributed by atoms with Gasteiger partial charge in [-0.2, -0.15) is 4.98 Å². The van der Waals surface area contributed by atoms with Gasteiger partial charge in [0.15, 0.2) is 5.82 Å². The third-order valence-corrected chi connectivity index (χ3v) is 2.22. The summed E-state index contributed by atoms with van der Waals surface area (Å²) in [6.45, 7) is 1.94. The van der Waals surface area contributed by atoms with Crippen LogP contribution in [0, 0.1) is 6.92 Å². The number of nitrogens with zero attached hydrogens (tertiary/aromatic N) is 3. The summed E-state index contributed by atoms with van der Waals surface area (Å²) in [6.07, 6.45) is 0. The fraction of sp³-hybridized carbons (Fsp3) is 0.250. The summed E-state index contributed by atoms with van der Waals surface area (Å²) in [5.41, 5.74) is 2.00. The first kappa shape index (κ1) is 9.78. The van der Waals surface area contributed by atoms with Crippen LogP contribution < -0.4 is 5.32 Å². The molecule has 0 unspecified atom stereocenters. The topological polar surface area (TPSA) is 80.9 Å². The first-order chi connectivity index (χ1) is 7.25. The van der Waals surface area contributed by atoms with Crippen LogP contribution in [0.2, 0.25) is 0 Å². The van der Waals surface area contributed by atoms with E-state index >= 15 is 0 Å². The van der Waals surface area contributed by atoms with Gasteiger partial charge >= 0.3 is 0 Å². The van der Waals surface area contributed by atoms with E-state index in [4.69, 9.17) is 4.52 Å². The van der Waals surface area contributed by atoms with Crippen LogP contribution in [0.15, 0.2) is 15.4 Å². The van der Waals surface area contributed by atoms with Crippen LogP contribution in [0.25, 0.3) is 0 Å². The van der Waals surface area contributed by atoms with Gasteiger partial charge in [-0.15, -0.1) is 11.3 Å². The summed E-state index contributed by atoms with van der Waals surface area (Å²) in [5.74, 6) is 0.691. The van der Waals surface area contributed by atoms with Gasteiger partial charge in [0.1, 0.15) is 5.69 Å². The van der Waals surface area contributed by atoms with E-state index in [1.54, 1.807) is 17.8 Å². The van der Waals surface area contributed by atoms with Crippen molar-refractivity contribution in [2.45, 2.75) is 13.5 Å². The van der Waals surface area contributed by atoms with E-state index in [0.717, 1.165) is 0 Å². The van der Waals surface area contributed by atoms with E-state index in [1.165, 1.54) is 11.3 Å². The summed E-state index contributed by atoms with van der Waals surface area (Å²) in [6, 6.07) is 0. The zero-order valence-electron chi connectivity index (χ0n) is 7.93. The zero-order chi connectivity index (χ0) is 10.7. The van der Waals surface area contributed by atoms with Crippen LogP contribution in [0.3, 0.4) is 0 Å². The van der Waals surface area contributed by atoms with Crippen LogP contribution >= 0.6 is 11.3 Å². The van der Waals surface area contributed by atoms with Gasteiger partial charge in [-0.25, -0.2) is 4.98 Å². The normalized spacial score (nSPS) is 10.2. The number of amides is 1. The molecule has 0 saturated heterocycles. The summed E-state index contributed by atoms with van der Waals surface area (Å²) in [5, 5.41) is 7.90. The van der Waals surface area contributed by atoms with Crippen molar-refractivity contribution in [2.24, 2.45) is 0 Å². The summed E-state index contributed by atoms with van der Waals surface area (Å²) in [4.78, 5) is 19.3. The van der Waals surface area contributed by atoms with Crippen molar-refractivity contribution < 1.29 is 9.32 Å². The van der Waals surface area contributed by atoms with E-state index in [-0.39, 0.29) is 12.5 Å². The molecule has 0 saturated carbocycles. The van der Waals surface area contributed by atoms with Crippen molar-refractivity contribution >= 4 is 17.2 Å². The maximum Gasteiger partial charge on any atom is 0.271 e. The first-order valence-electron chi connectivity index (χ1n) is 4.21. The lowest BCUT2D eigenvalue weighted by atomic mass is 10.4. The second-order valence-corrected chi connectivity index (χ2v) is 3.51. The number of nitrogens with one attached hydrogen (secondary N) is 1. The molecule has 0 spiro atoms. The molecule has 1 N–H and O–H groups in total. The standard InChI is InChI=1S/C8H8N4O2S/c1-5-11-7(14-12-5)2-9-8(13)6-3-15-4-10-6/h3-4H,2H2,1H3,(H,9,13). The Bertz CT molecular complexity index is 451. The number of rotatable bonds is 3. The summed E-state index contributed by atoms with van der Waals surface area (Å²) < 4.78 is 4.84. The van der Waals surface area contributed by atoms with Crippen molar-refractivity contribution in [3.63, 3.8) is 0 Å². The smallest absolute Gasteiger partial charge is 0.271 e. The van der Waals surface area contributed by atoms with E-state index < -0.39 is 0 Å². The highest BCUT2D eigenvalue weighted by Crippen LogP contribution is 2.01. The van der Waals surface area contributed by atoms with E-state index in [1.807, 2.05) is 0 Å².